The van der Waals surface area contributed by atoms with Crippen molar-refractivity contribution >= 4 is 23.0 Å². The fourth-order valence-electron chi connectivity index (χ4n) is 3.09. The first-order chi connectivity index (χ1) is 10.6. The number of thiophene rings is 1. The predicted molar refractivity (Wildman–Crippen MR) is 88.5 cm³/mol. The monoisotopic (exact) mass is 313 g/mol. The van der Waals surface area contributed by atoms with Crippen LogP contribution in [0.15, 0.2) is 35.7 Å². The van der Waals surface area contributed by atoms with E-state index in [0.717, 1.165) is 19.4 Å². The Labute approximate surface area is 134 Å². The van der Waals surface area contributed by atoms with E-state index in [9.17, 15) is 9.59 Å². The lowest BCUT2D eigenvalue weighted by Gasteiger charge is -2.26. The van der Waals surface area contributed by atoms with Gasteiger partial charge in [-0.2, -0.15) is 0 Å². The van der Waals surface area contributed by atoms with Crippen LogP contribution in [0.1, 0.15) is 57.0 Å². The maximum absolute atomic E-state index is 12.8. The van der Waals surface area contributed by atoms with Gasteiger partial charge in [0.15, 0.2) is 5.78 Å². The lowest BCUT2D eigenvalue weighted by atomic mass is 9.99. The highest BCUT2D eigenvalue weighted by atomic mass is 32.1. The second-order valence-corrected chi connectivity index (χ2v) is 6.68. The zero-order chi connectivity index (χ0) is 15.7. The average Bonchev–Trinajstić information content (AvgIpc) is 3.16. The number of hydrogen-bond acceptors (Lipinski definition) is 3. The largest absolute Gasteiger partial charge is 0.332 e. The number of rotatable bonds is 3. The summed E-state index contributed by atoms with van der Waals surface area (Å²) in [5.74, 6) is 0.0513. The molecule has 0 unspecified atom stereocenters. The van der Waals surface area contributed by atoms with Crippen molar-refractivity contribution in [1.29, 1.82) is 0 Å². The van der Waals surface area contributed by atoms with Crippen molar-refractivity contribution in [3.05, 3.63) is 57.3 Å². The van der Waals surface area contributed by atoms with Crippen LogP contribution < -0.4 is 0 Å². The second kappa shape index (κ2) is 6.05. The standard InChI is InChI=1S/C18H19NO2S/c1-12-6-3-4-7-15(12)16-8-5-9-19(16)18(21)14-10-17(13(2)20)22-11-14/h3-4,6-7,10-11,16H,5,8-9H2,1-2H3/t16-/m0/s1. The van der Waals surface area contributed by atoms with Crippen LogP contribution in [-0.4, -0.2) is 23.1 Å². The maximum Gasteiger partial charge on any atom is 0.255 e. The third-order valence-electron chi connectivity index (χ3n) is 4.25. The summed E-state index contributed by atoms with van der Waals surface area (Å²) in [6.07, 6.45) is 2.02. The smallest absolute Gasteiger partial charge is 0.255 e. The average molecular weight is 313 g/mol. The lowest BCUT2D eigenvalue weighted by molar-refractivity contribution is 0.0736. The molecular weight excluding hydrogens is 294 g/mol. The number of amides is 1. The molecule has 1 amide bonds. The summed E-state index contributed by atoms with van der Waals surface area (Å²) in [4.78, 5) is 26.8. The number of ketones is 1. The molecule has 22 heavy (non-hydrogen) atoms. The minimum absolute atomic E-state index is 0.0147. The highest BCUT2D eigenvalue weighted by molar-refractivity contribution is 7.12. The van der Waals surface area contributed by atoms with Crippen LogP contribution in [0.3, 0.4) is 0 Å². The van der Waals surface area contributed by atoms with Crippen LogP contribution in [0, 0.1) is 6.92 Å². The Balaban J connectivity index is 1.88. The van der Waals surface area contributed by atoms with Gasteiger partial charge in [0.2, 0.25) is 0 Å². The molecule has 1 fully saturated rings. The minimum atomic E-state index is 0.0147. The fraction of sp³-hybridized carbons (Fsp3) is 0.333. The van der Waals surface area contributed by atoms with E-state index < -0.39 is 0 Å². The third-order valence-corrected chi connectivity index (χ3v) is 5.29. The molecule has 3 rings (SSSR count). The normalized spacial score (nSPS) is 17.7. The summed E-state index contributed by atoms with van der Waals surface area (Å²) in [6, 6.07) is 10.1. The summed E-state index contributed by atoms with van der Waals surface area (Å²) in [5, 5.41) is 1.80. The number of benzene rings is 1. The van der Waals surface area contributed by atoms with E-state index >= 15 is 0 Å². The number of Topliss-reactive ketones (excluding diaryl/α,β-unsaturated/α-hetero) is 1. The van der Waals surface area contributed by atoms with E-state index in [1.165, 1.54) is 29.4 Å². The summed E-state index contributed by atoms with van der Waals surface area (Å²) in [5.41, 5.74) is 3.09. The SMILES string of the molecule is CC(=O)c1cc(C(=O)N2CCC[C@H]2c2ccccc2C)cs1. The Morgan fingerprint density at radius 2 is 2.05 bits per heavy atom. The molecule has 1 saturated heterocycles. The van der Waals surface area contributed by atoms with E-state index in [2.05, 4.69) is 19.1 Å². The topological polar surface area (TPSA) is 37.4 Å². The Morgan fingerprint density at radius 1 is 1.27 bits per heavy atom. The van der Waals surface area contributed by atoms with Gasteiger partial charge in [-0.25, -0.2) is 0 Å². The minimum Gasteiger partial charge on any atom is -0.332 e. The molecule has 0 radical (unpaired) electrons. The van der Waals surface area contributed by atoms with E-state index in [0.29, 0.717) is 10.4 Å². The molecule has 1 aliphatic rings. The van der Waals surface area contributed by atoms with Gasteiger partial charge < -0.3 is 4.90 Å². The molecule has 0 aliphatic carbocycles. The predicted octanol–water partition coefficient (Wildman–Crippen LogP) is 4.24. The first-order valence-electron chi connectivity index (χ1n) is 7.54. The van der Waals surface area contributed by atoms with Crippen LogP contribution >= 0.6 is 11.3 Å². The summed E-state index contributed by atoms with van der Waals surface area (Å²) in [7, 11) is 0. The van der Waals surface area contributed by atoms with Crippen LogP contribution in [0.5, 0.6) is 0 Å². The molecular formula is C18H19NO2S. The van der Waals surface area contributed by atoms with Gasteiger partial charge in [0.05, 0.1) is 16.5 Å². The highest BCUT2D eigenvalue weighted by Gasteiger charge is 2.31. The number of aryl methyl sites for hydroxylation is 1. The van der Waals surface area contributed by atoms with Crippen molar-refractivity contribution in [3.8, 4) is 0 Å². The maximum atomic E-state index is 12.8. The third kappa shape index (κ3) is 2.71. The van der Waals surface area contributed by atoms with Crippen molar-refractivity contribution in [3.63, 3.8) is 0 Å². The zero-order valence-corrected chi connectivity index (χ0v) is 13.7. The van der Waals surface area contributed by atoms with E-state index in [1.807, 2.05) is 17.0 Å². The van der Waals surface area contributed by atoms with Crippen LogP contribution in [0.25, 0.3) is 0 Å². The molecule has 0 saturated carbocycles. The number of hydrogen-bond donors (Lipinski definition) is 0. The van der Waals surface area contributed by atoms with Crippen molar-refractivity contribution in [1.82, 2.24) is 4.90 Å². The van der Waals surface area contributed by atoms with E-state index in [1.54, 1.807) is 11.4 Å². The van der Waals surface area contributed by atoms with Crippen molar-refractivity contribution in [2.45, 2.75) is 32.7 Å². The van der Waals surface area contributed by atoms with Crippen LogP contribution in [-0.2, 0) is 0 Å². The molecule has 1 aromatic heterocycles. The van der Waals surface area contributed by atoms with Crippen LogP contribution in [0.2, 0.25) is 0 Å². The quantitative estimate of drug-likeness (QED) is 0.795. The molecule has 4 heteroatoms. The summed E-state index contributed by atoms with van der Waals surface area (Å²) in [6.45, 7) is 4.41. The molecule has 1 aliphatic heterocycles. The number of carbonyl (C=O) groups is 2. The molecule has 0 spiro atoms. The molecule has 0 N–H and O–H groups in total. The summed E-state index contributed by atoms with van der Waals surface area (Å²) < 4.78 is 0. The fourth-order valence-corrected chi connectivity index (χ4v) is 3.88. The number of nitrogens with zero attached hydrogens (tertiary/aromatic N) is 1. The molecule has 114 valence electrons. The van der Waals surface area contributed by atoms with Gasteiger partial charge in [0.1, 0.15) is 0 Å². The van der Waals surface area contributed by atoms with Gasteiger partial charge in [-0.05, 0) is 43.9 Å². The molecule has 0 bridgehead atoms. The first kappa shape index (κ1) is 15.0. The first-order valence-corrected chi connectivity index (χ1v) is 8.42. The Bertz CT molecular complexity index is 719. The van der Waals surface area contributed by atoms with Crippen molar-refractivity contribution in [2.24, 2.45) is 0 Å². The van der Waals surface area contributed by atoms with Gasteiger partial charge in [-0.15, -0.1) is 11.3 Å². The molecule has 2 heterocycles. The lowest BCUT2D eigenvalue weighted by Crippen LogP contribution is -2.30. The van der Waals surface area contributed by atoms with Crippen molar-refractivity contribution in [2.75, 3.05) is 6.54 Å². The number of carbonyl (C=O) groups excluding carboxylic acids is 2. The van der Waals surface area contributed by atoms with Gasteiger partial charge in [0, 0.05) is 11.9 Å². The molecule has 2 aromatic rings. The summed E-state index contributed by atoms with van der Waals surface area (Å²) >= 11 is 1.35. The Morgan fingerprint density at radius 3 is 2.73 bits per heavy atom. The van der Waals surface area contributed by atoms with Crippen LogP contribution in [0.4, 0.5) is 0 Å². The molecule has 1 aromatic carbocycles. The molecule has 3 nitrogen and oxygen atoms in total. The Kier molecular flexibility index (Phi) is 4.12. The Hall–Kier alpha value is -1.94. The van der Waals surface area contributed by atoms with Gasteiger partial charge in [-0.3, -0.25) is 9.59 Å². The van der Waals surface area contributed by atoms with Crippen molar-refractivity contribution < 1.29 is 9.59 Å². The van der Waals surface area contributed by atoms with Gasteiger partial charge in [-0.1, -0.05) is 24.3 Å². The second-order valence-electron chi connectivity index (χ2n) is 5.77. The van der Waals surface area contributed by atoms with E-state index in [4.69, 9.17) is 0 Å². The van der Waals surface area contributed by atoms with Gasteiger partial charge >= 0.3 is 0 Å². The van der Waals surface area contributed by atoms with E-state index in [-0.39, 0.29) is 17.7 Å². The zero-order valence-electron chi connectivity index (χ0n) is 12.8. The molecule has 1 atom stereocenters. The van der Waals surface area contributed by atoms with Gasteiger partial charge in [0.25, 0.3) is 5.91 Å². The number of likely N-dealkylation sites (tertiary alicyclic amines) is 1. The highest BCUT2D eigenvalue weighted by Crippen LogP contribution is 2.35.